The summed E-state index contributed by atoms with van der Waals surface area (Å²) in [6.45, 7) is 3.59. The van der Waals surface area contributed by atoms with Crippen LogP contribution in [0, 0.1) is 5.92 Å². The lowest BCUT2D eigenvalue weighted by Crippen LogP contribution is -2.35. The van der Waals surface area contributed by atoms with Crippen molar-refractivity contribution in [3.63, 3.8) is 0 Å². The van der Waals surface area contributed by atoms with Crippen LogP contribution in [0.25, 0.3) is 0 Å². The van der Waals surface area contributed by atoms with Crippen molar-refractivity contribution in [2.75, 3.05) is 18.9 Å². The van der Waals surface area contributed by atoms with Crippen molar-refractivity contribution >= 4 is 15.9 Å². The predicted molar refractivity (Wildman–Crippen MR) is 67.1 cm³/mol. The normalized spacial score (nSPS) is 28.3. The second-order valence-corrected chi connectivity index (χ2v) is 5.40. The molecular weight excluding hydrogens is 238 g/mol. The van der Waals surface area contributed by atoms with Gasteiger partial charge in [0.25, 0.3) is 0 Å². The van der Waals surface area contributed by atoms with Crippen LogP contribution in [0.4, 0.5) is 0 Å². The average molecular weight is 262 g/mol. The van der Waals surface area contributed by atoms with E-state index in [-0.39, 0.29) is 0 Å². The van der Waals surface area contributed by atoms with Crippen molar-refractivity contribution < 1.29 is 0 Å². The minimum absolute atomic E-state index is 0.872. The molecule has 1 nitrogen and oxygen atoms in total. The van der Waals surface area contributed by atoms with E-state index in [2.05, 4.69) is 34.8 Å². The first-order valence-electron chi connectivity index (χ1n) is 6.04. The fraction of sp³-hybridized carbons (Fsp3) is 1.00. The number of nitrogens with zero attached hydrogens (tertiary/aromatic N) is 1. The summed E-state index contributed by atoms with van der Waals surface area (Å²) in [5.74, 6) is 1.02. The van der Waals surface area contributed by atoms with Gasteiger partial charge in [0.15, 0.2) is 0 Å². The van der Waals surface area contributed by atoms with Gasteiger partial charge in [-0.3, -0.25) is 0 Å². The van der Waals surface area contributed by atoms with Gasteiger partial charge in [0.05, 0.1) is 0 Å². The second-order valence-electron chi connectivity index (χ2n) is 4.61. The Bertz CT molecular complexity index is 141. The van der Waals surface area contributed by atoms with Crippen molar-refractivity contribution in [1.29, 1.82) is 0 Å². The first kappa shape index (κ1) is 12.5. The molecule has 84 valence electrons. The van der Waals surface area contributed by atoms with Crippen LogP contribution in [0.2, 0.25) is 0 Å². The largest absolute Gasteiger partial charge is 0.303 e. The van der Waals surface area contributed by atoms with Crippen molar-refractivity contribution in [2.24, 2.45) is 5.92 Å². The van der Waals surface area contributed by atoms with E-state index in [1.165, 1.54) is 45.1 Å². The molecule has 0 saturated heterocycles. The molecule has 0 aromatic rings. The molecule has 0 aromatic carbocycles. The van der Waals surface area contributed by atoms with E-state index in [0.717, 1.165) is 17.3 Å². The molecule has 0 bridgehead atoms. The highest BCUT2D eigenvalue weighted by Crippen LogP contribution is 2.28. The van der Waals surface area contributed by atoms with Crippen molar-refractivity contribution in [1.82, 2.24) is 4.90 Å². The van der Waals surface area contributed by atoms with Gasteiger partial charge >= 0.3 is 0 Å². The summed E-state index contributed by atoms with van der Waals surface area (Å²) in [5.41, 5.74) is 0. The molecule has 0 amide bonds. The monoisotopic (exact) mass is 261 g/mol. The second kappa shape index (κ2) is 6.84. The van der Waals surface area contributed by atoms with Crippen molar-refractivity contribution in [3.05, 3.63) is 0 Å². The van der Waals surface area contributed by atoms with Crippen molar-refractivity contribution in [2.45, 2.75) is 51.5 Å². The zero-order valence-corrected chi connectivity index (χ0v) is 11.2. The number of rotatable bonds is 5. The average Bonchev–Trinajstić information content (AvgIpc) is 2.26. The Morgan fingerprint density at radius 3 is 2.36 bits per heavy atom. The molecule has 0 aromatic heterocycles. The SMILES string of the molecule is CCC1CCC(N(C)CCCBr)CC1. The standard InChI is InChI=1S/C12H24BrN/c1-3-11-5-7-12(8-6-11)14(2)10-4-9-13/h11-12H,3-10H2,1-2H3. The van der Waals surface area contributed by atoms with Crippen LogP contribution in [0.3, 0.4) is 0 Å². The summed E-state index contributed by atoms with van der Waals surface area (Å²) in [5, 5.41) is 1.14. The Morgan fingerprint density at radius 2 is 1.86 bits per heavy atom. The van der Waals surface area contributed by atoms with Gasteiger partial charge in [-0.15, -0.1) is 0 Å². The maximum Gasteiger partial charge on any atom is 0.00924 e. The summed E-state index contributed by atoms with van der Waals surface area (Å²) >= 11 is 3.50. The van der Waals surface area contributed by atoms with Gasteiger partial charge in [-0.05, 0) is 51.6 Å². The Balaban J connectivity index is 2.19. The number of halogens is 1. The quantitative estimate of drug-likeness (QED) is 0.683. The Kier molecular flexibility index (Phi) is 6.11. The van der Waals surface area contributed by atoms with Gasteiger partial charge in [-0.2, -0.15) is 0 Å². The van der Waals surface area contributed by atoms with Crippen LogP contribution in [-0.4, -0.2) is 29.9 Å². The van der Waals surface area contributed by atoms with Crippen LogP contribution < -0.4 is 0 Å². The van der Waals surface area contributed by atoms with Crippen LogP contribution in [0.15, 0.2) is 0 Å². The summed E-state index contributed by atoms with van der Waals surface area (Å²) in [6, 6.07) is 0.872. The molecule has 14 heavy (non-hydrogen) atoms. The third-order valence-corrected chi connectivity index (χ3v) is 4.22. The molecule has 1 aliphatic rings. The Morgan fingerprint density at radius 1 is 1.21 bits per heavy atom. The highest BCUT2D eigenvalue weighted by Gasteiger charge is 2.22. The first-order chi connectivity index (χ1) is 6.77. The molecule has 0 N–H and O–H groups in total. The highest BCUT2D eigenvalue weighted by molar-refractivity contribution is 9.09. The third-order valence-electron chi connectivity index (χ3n) is 3.66. The minimum Gasteiger partial charge on any atom is -0.303 e. The molecule has 1 saturated carbocycles. The zero-order valence-electron chi connectivity index (χ0n) is 9.64. The van der Waals surface area contributed by atoms with E-state index in [0.29, 0.717) is 0 Å². The van der Waals surface area contributed by atoms with Gasteiger partial charge in [-0.25, -0.2) is 0 Å². The van der Waals surface area contributed by atoms with Crippen LogP contribution in [0.1, 0.15) is 45.4 Å². The maximum atomic E-state index is 3.50. The fourth-order valence-corrected chi connectivity index (χ4v) is 2.74. The Hall–Kier alpha value is 0.440. The predicted octanol–water partition coefficient (Wildman–Crippen LogP) is 3.67. The van der Waals surface area contributed by atoms with E-state index in [9.17, 15) is 0 Å². The molecule has 1 fully saturated rings. The number of hydrogen-bond acceptors (Lipinski definition) is 1. The van der Waals surface area contributed by atoms with Crippen LogP contribution in [0.5, 0.6) is 0 Å². The zero-order chi connectivity index (χ0) is 10.4. The lowest BCUT2D eigenvalue weighted by Gasteiger charge is -2.34. The maximum absolute atomic E-state index is 3.50. The number of alkyl halides is 1. The van der Waals surface area contributed by atoms with Gasteiger partial charge in [-0.1, -0.05) is 29.3 Å². The van der Waals surface area contributed by atoms with Gasteiger partial charge < -0.3 is 4.90 Å². The van der Waals surface area contributed by atoms with Crippen molar-refractivity contribution in [3.8, 4) is 0 Å². The van der Waals surface area contributed by atoms with E-state index < -0.39 is 0 Å². The highest BCUT2D eigenvalue weighted by atomic mass is 79.9. The van der Waals surface area contributed by atoms with E-state index >= 15 is 0 Å². The van der Waals surface area contributed by atoms with Crippen LogP contribution >= 0.6 is 15.9 Å². The molecule has 0 unspecified atom stereocenters. The number of hydrogen-bond donors (Lipinski definition) is 0. The molecular formula is C12H24BrN. The molecule has 2 heteroatoms. The molecule has 1 rings (SSSR count). The minimum atomic E-state index is 0.872. The molecule has 0 radical (unpaired) electrons. The van der Waals surface area contributed by atoms with E-state index in [4.69, 9.17) is 0 Å². The molecule has 0 heterocycles. The molecule has 0 spiro atoms. The lowest BCUT2D eigenvalue weighted by atomic mass is 9.84. The summed E-state index contributed by atoms with van der Waals surface area (Å²) < 4.78 is 0. The van der Waals surface area contributed by atoms with Gasteiger partial charge in [0.1, 0.15) is 0 Å². The molecule has 1 aliphatic carbocycles. The lowest BCUT2D eigenvalue weighted by molar-refractivity contribution is 0.164. The Labute approximate surface area is 97.4 Å². The van der Waals surface area contributed by atoms with Gasteiger partial charge in [0.2, 0.25) is 0 Å². The topological polar surface area (TPSA) is 3.24 Å². The first-order valence-corrected chi connectivity index (χ1v) is 7.16. The summed E-state index contributed by atoms with van der Waals surface area (Å²) in [4.78, 5) is 2.56. The molecule has 0 atom stereocenters. The van der Waals surface area contributed by atoms with Gasteiger partial charge in [0, 0.05) is 11.4 Å². The third kappa shape index (κ3) is 3.90. The summed E-state index contributed by atoms with van der Waals surface area (Å²) in [6.07, 6.45) is 8.44. The smallest absolute Gasteiger partial charge is 0.00924 e. The van der Waals surface area contributed by atoms with E-state index in [1.807, 2.05) is 0 Å². The molecule has 0 aliphatic heterocycles. The van der Waals surface area contributed by atoms with E-state index in [1.54, 1.807) is 0 Å². The fourth-order valence-electron chi connectivity index (χ4n) is 2.49. The summed E-state index contributed by atoms with van der Waals surface area (Å²) in [7, 11) is 2.29. The van der Waals surface area contributed by atoms with Crippen LogP contribution in [-0.2, 0) is 0 Å².